The summed E-state index contributed by atoms with van der Waals surface area (Å²) in [5.41, 5.74) is 7.29. The summed E-state index contributed by atoms with van der Waals surface area (Å²) in [5, 5.41) is 12.3. The van der Waals surface area contributed by atoms with E-state index in [9.17, 15) is 4.79 Å². The van der Waals surface area contributed by atoms with Gasteiger partial charge in [-0.05, 0) is 23.1 Å². The predicted molar refractivity (Wildman–Crippen MR) is 58.9 cm³/mol. The number of pyridine rings is 1. The maximum Gasteiger partial charge on any atom is 0.337 e. The highest BCUT2D eigenvalue weighted by Crippen LogP contribution is 2.27. The Balaban J connectivity index is 2.54. The highest BCUT2D eigenvalue weighted by Gasteiger charge is 2.12. The zero-order chi connectivity index (χ0) is 10.8. The number of thiophene rings is 1. The van der Waals surface area contributed by atoms with Crippen LogP contribution in [-0.4, -0.2) is 16.1 Å². The predicted octanol–water partition coefficient (Wildman–Crippen LogP) is 2.09. The van der Waals surface area contributed by atoms with E-state index < -0.39 is 5.97 Å². The van der Waals surface area contributed by atoms with Gasteiger partial charge in [0.1, 0.15) is 5.82 Å². The summed E-state index contributed by atoms with van der Waals surface area (Å²) in [6, 6.07) is 3.40. The molecule has 0 saturated carbocycles. The molecule has 0 aliphatic heterocycles. The number of hydrogen-bond donors (Lipinski definition) is 2. The van der Waals surface area contributed by atoms with Gasteiger partial charge in [-0.2, -0.15) is 11.3 Å². The summed E-state index contributed by atoms with van der Waals surface area (Å²) in [6.45, 7) is 0. The number of rotatable bonds is 2. The van der Waals surface area contributed by atoms with Crippen LogP contribution < -0.4 is 5.73 Å². The van der Waals surface area contributed by atoms with E-state index in [0.717, 1.165) is 5.56 Å². The van der Waals surface area contributed by atoms with Gasteiger partial charge < -0.3 is 10.8 Å². The summed E-state index contributed by atoms with van der Waals surface area (Å²) in [7, 11) is 0. The molecule has 76 valence electrons. The van der Waals surface area contributed by atoms with Crippen molar-refractivity contribution in [1.82, 2.24) is 4.98 Å². The van der Waals surface area contributed by atoms with Gasteiger partial charge in [-0.25, -0.2) is 9.78 Å². The topological polar surface area (TPSA) is 76.2 Å². The number of carboxylic acid groups (broad SMARTS) is 1. The maximum absolute atomic E-state index is 10.9. The Labute approximate surface area is 90.0 Å². The molecule has 0 fully saturated rings. The van der Waals surface area contributed by atoms with Gasteiger partial charge in [0.25, 0.3) is 0 Å². The van der Waals surface area contributed by atoms with Gasteiger partial charge >= 0.3 is 5.97 Å². The minimum atomic E-state index is -0.929. The zero-order valence-corrected chi connectivity index (χ0v) is 8.49. The van der Waals surface area contributed by atoms with E-state index in [-0.39, 0.29) is 0 Å². The van der Waals surface area contributed by atoms with Crippen molar-refractivity contribution < 1.29 is 9.90 Å². The molecule has 2 rings (SSSR count). The van der Waals surface area contributed by atoms with Gasteiger partial charge in [0.05, 0.1) is 5.56 Å². The molecule has 2 aromatic rings. The van der Waals surface area contributed by atoms with Gasteiger partial charge in [0.2, 0.25) is 0 Å². The normalized spacial score (nSPS) is 10.1. The van der Waals surface area contributed by atoms with Crippen LogP contribution in [0.1, 0.15) is 10.4 Å². The number of nitrogen functional groups attached to an aromatic ring is 1. The molecule has 0 saturated heterocycles. The lowest BCUT2D eigenvalue weighted by Gasteiger charge is -2.00. The van der Waals surface area contributed by atoms with Gasteiger partial charge in [0.15, 0.2) is 0 Å². The lowest BCUT2D eigenvalue weighted by atomic mass is 10.1. The summed E-state index contributed by atoms with van der Waals surface area (Å²) in [4.78, 5) is 14.8. The molecule has 0 aliphatic carbocycles. The second kappa shape index (κ2) is 3.70. The third kappa shape index (κ3) is 1.82. The molecule has 0 unspecified atom stereocenters. The second-order valence-corrected chi connectivity index (χ2v) is 3.72. The van der Waals surface area contributed by atoms with Crippen LogP contribution in [0.3, 0.4) is 0 Å². The van der Waals surface area contributed by atoms with Crippen LogP contribution in [0.5, 0.6) is 0 Å². The van der Waals surface area contributed by atoms with Crippen molar-refractivity contribution in [3.63, 3.8) is 0 Å². The van der Waals surface area contributed by atoms with Crippen molar-refractivity contribution in [2.75, 3.05) is 5.73 Å². The van der Waals surface area contributed by atoms with Crippen LogP contribution in [0.15, 0.2) is 29.1 Å². The highest BCUT2D eigenvalue weighted by atomic mass is 32.1. The first-order valence-electron chi connectivity index (χ1n) is 4.20. The number of aromatic carboxylic acids is 1. The molecule has 15 heavy (non-hydrogen) atoms. The fourth-order valence-electron chi connectivity index (χ4n) is 1.30. The fraction of sp³-hybridized carbons (Fsp3) is 0. The number of aromatic nitrogens is 1. The first-order chi connectivity index (χ1) is 7.18. The summed E-state index contributed by atoms with van der Waals surface area (Å²) < 4.78 is 0. The minimum absolute atomic E-state index is 0.297. The van der Waals surface area contributed by atoms with Crippen molar-refractivity contribution in [3.8, 4) is 11.1 Å². The van der Waals surface area contributed by atoms with Gasteiger partial charge in [0, 0.05) is 17.1 Å². The number of hydrogen-bond acceptors (Lipinski definition) is 4. The third-order valence-electron chi connectivity index (χ3n) is 1.98. The van der Waals surface area contributed by atoms with Gasteiger partial charge in [-0.15, -0.1) is 0 Å². The van der Waals surface area contributed by atoms with E-state index >= 15 is 0 Å². The summed E-state index contributed by atoms with van der Waals surface area (Å²) >= 11 is 1.35. The maximum atomic E-state index is 10.9. The molecule has 0 spiro atoms. The lowest BCUT2D eigenvalue weighted by Crippen LogP contribution is -1.96. The second-order valence-electron chi connectivity index (χ2n) is 2.97. The Morgan fingerprint density at radius 2 is 2.27 bits per heavy atom. The van der Waals surface area contributed by atoms with E-state index in [2.05, 4.69) is 4.98 Å². The van der Waals surface area contributed by atoms with E-state index in [4.69, 9.17) is 10.8 Å². The van der Waals surface area contributed by atoms with Crippen LogP contribution in [0.4, 0.5) is 5.82 Å². The Morgan fingerprint density at radius 1 is 1.47 bits per heavy atom. The Bertz CT molecular complexity index is 508. The largest absolute Gasteiger partial charge is 0.478 e. The number of nitrogens with zero attached hydrogens (tertiary/aromatic N) is 1. The summed E-state index contributed by atoms with van der Waals surface area (Å²) in [5.74, 6) is -0.545. The first kappa shape index (κ1) is 9.67. The third-order valence-corrected chi connectivity index (χ3v) is 2.73. The molecule has 0 radical (unpaired) electrons. The monoisotopic (exact) mass is 220 g/mol. The standard InChI is InChI=1S/C10H8N2O2S/c11-9-3-6(1-2-12-9)7-4-15-5-8(7)10(13)14/h1-5H,(H2,11,12)(H,13,14). The van der Waals surface area contributed by atoms with Gasteiger partial charge in [-0.1, -0.05) is 0 Å². The minimum Gasteiger partial charge on any atom is -0.478 e. The Morgan fingerprint density at radius 3 is 2.93 bits per heavy atom. The van der Waals surface area contributed by atoms with Crippen LogP contribution >= 0.6 is 11.3 Å². The van der Waals surface area contributed by atoms with Crippen molar-refractivity contribution >= 4 is 23.1 Å². The van der Waals surface area contributed by atoms with Crippen LogP contribution in [0.2, 0.25) is 0 Å². The van der Waals surface area contributed by atoms with E-state index in [0.29, 0.717) is 16.9 Å². The Hall–Kier alpha value is -1.88. The van der Waals surface area contributed by atoms with Crippen LogP contribution in [0.25, 0.3) is 11.1 Å². The fourth-order valence-corrected chi connectivity index (χ4v) is 2.13. The molecule has 2 aromatic heterocycles. The molecule has 4 nitrogen and oxygen atoms in total. The summed E-state index contributed by atoms with van der Waals surface area (Å²) in [6.07, 6.45) is 1.56. The number of anilines is 1. The van der Waals surface area contributed by atoms with Gasteiger partial charge in [-0.3, -0.25) is 0 Å². The van der Waals surface area contributed by atoms with Crippen molar-refractivity contribution in [3.05, 3.63) is 34.7 Å². The molecule has 0 bridgehead atoms. The molecular weight excluding hydrogens is 212 g/mol. The lowest BCUT2D eigenvalue weighted by molar-refractivity contribution is 0.0698. The first-order valence-corrected chi connectivity index (χ1v) is 5.14. The molecule has 0 aliphatic rings. The molecule has 0 amide bonds. The van der Waals surface area contributed by atoms with Crippen LogP contribution in [0, 0.1) is 0 Å². The van der Waals surface area contributed by atoms with Crippen molar-refractivity contribution in [2.24, 2.45) is 0 Å². The van der Waals surface area contributed by atoms with Crippen LogP contribution in [-0.2, 0) is 0 Å². The Kier molecular flexibility index (Phi) is 2.39. The quantitative estimate of drug-likeness (QED) is 0.812. The molecule has 0 atom stereocenters. The van der Waals surface area contributed by atoms with E-state index in [1.807, 2.05) is 0 Å². The smallest absolute Gasteiger partial charge is 0.337 e. The van der Waals surface area contributed by atoms with E-state index in [1.165, 1.54) is 11.3 Å². The van der Waals surface area contributed by atoms with Crippen molar-refractivity contribution in [2.45, 2.75) is 0 Å². The molecule has 5 heteroatoms. The zero-order valence-electron chi connectivity index (χ0n) is 7.68. The molecule has 2 heterocycles. The molecule has 0 aromatic carbocycles. The van der Waals surface area contributed by atoms with Crippen molar-refractivity contribution in [1.29, 1.82) is 0 Å². The highest BCUT2D eigenvalue weighted by molar-refractivity contribution is 7.08. The molecule has 3 N–H and O–H groups in total. The van der Waals surface area contributed by atoms with E-state index in [1.54, 1.807) is 29.1 Å². The average Bonchev–Trinajstić information content (AvgIpc) is 2.65. The average molecular weight is 220 g/mol. The molecular formula is C10H8N2O2S. The number of nitrogens with two attached hydrogens (primary N) is 1. The number of carbonyl (C=O) groups is 1. The number of carboxylic acids is 1. The SMILES string of the molecule is Nc1cc(-c2cscc2C(=O)O)ccn1.